The number of aryl methyl sites for hydroxylation is 1. The molecule has 6 fully saturated rings. The van der Waals surface area contributed by atoms with Gasteiger partial charge >= 0.3 is 0 Å². The number of nitrogens with zero attached hydrogens (tertiary/aromatic N) is 1. The van der Waals surface area contributed by atoms with Gasteiger partial charge in [0.1, 0.15) is 17.2 Å². The van der Waals surface area contributed by atoms with E-state index in [1.165, 1.54) is 105 Å². The normalized spacial score (nSPS) is 25.5. The van der Waals surface area contributed by atoms with E-state index in [2.05, 4.69) is 142 Å². The molecule has 4 heteroatoms. The summed E-state index contributed by atoms with van der Waals surface area (Å²) in [6.07, 6.45) is 18.0. The maximum atomic E-state index is 12.9. The fraction of sp³-hybridized carbons (Fsp3) is 0.554. The van der Waals surface area contributed by atoms with E-state index in [1.807, 2.05) is 0 Å². The third kappa shape index (κ3) is 9.42. The van der Waals surface area contributed by atoms with Gasteiger partial charge in [-0.2, -0.15) is 0 Å². The first kappa shape index (κ1) is 48.1. The number of rotatable bonds is 11. The van der Waals surface area contributed by atoms with Gasteiger partial charge in [-0.15, -0.1) is 0 Å². The van der Waals surface area contributed by atoms with E-state index in [-0.39, 0.29) is 16.2 Å². The molecule has 2 N–H and O–H groups in total. The number of phenols is 2. The number of aromatic hydroxyl groups is 2. The maximum absolute atomic E-state index is 12.9. The maximum Gasteiger partial charge on any atom is 0.127 e. The molecule has 6 aliphatic carbocycles. The minimum atomic E-state index is -0.110. The Morgan fingerprint density at radius 2 is 1.04 bits per heavy atom. The first-order chi connectivity index (χ1) is 32.7. The fourth-order valence-electron chi connectivity index (χ4n) is 14.7. The van der Waals surface area contributed by atoms with Gasteiger partial charge in [-0.1, -0.05) is 125 Å². The predicted molar refractivity (Wildman–Crippen MR) is 288 cm³/mol. The van der Waals surface area contributed by atoms with E-state index >= 15 is 0 Å². The highest BCUT2D eigenvalue weighted by Gasteiger charge is 2.53. The van der Waals surface area contributed by atoms with E-state index in [4.69, 9.17) is 9.72 Å². The largest absolute Gasteiger partial charge is 0.507 e. The van der Waals surface area contributed by atoms with Gasteiger partial charge < -0.3 is 14.9 Å². The van der Waals surface area contributed by atoms with Crippen LogP contribution in [0.25, 0.3) is 44.8 Å². The second kappa shape index (κ2) is 18.2. The number of benzene rings is 4. The van der Waals surface area contributed by atoms with Gasteiger partial charge in [0.2, 0.25) is 0 Å². The van der Waals surface area contributed by atoms with Crippen molar-refractivity contribution in [2.45, 2.75) is 187 Å². The summed E-state index contributed by atoms with van der Waals surface area (Å²) in [6, 6.07) is 27.0. The smallest absolute Gasteiger partial charge is 0.127 e. The van der Waals surface area contributed by atoms with Crippen LogP contribution < -0.4 is 4.74 Å². The molecular weight excluding hydrogens is 843 g/mol. The van der Waals surface area contributed by atoms with E-state index in [0.717, 1.165) is 104 Å². The lowest BCUT2D eigenvalue weighted by atomic mass is 9.47. The quantitative estimate of drug-likeness (QED) is 0.139. The first-order valence-electron chi connectivity index (χ1n) is 27.3. The summed E-state index contributed by atoms with van der Waals surface area (Å²) in [5.41, 5.74) is 14.3. The fourth-order valence-corrected chi connectivity index (χ4v) is 14.7. The van der Waals surface area contributed by atoms with Crippen LogP contribution in [-0.2, 0) is 22.7 Å². The molecule has 1 aromatic heterocycles. The Morgan fingerprint density at radius 3 is 1.52 bits per heavy atom. The number of methoxy groups -OCH3 is 1. The third-order valence-corrected chi connectivity index (χ3v) is 18.3. The van der Waals surface area contributed by atoms with Crippen molar-refractivity contribution in [3.8, 4) is 62.0 Å². The summed E-state index contributed by atoms with van der Waals surface area (Å²) in [6.45, 7) is 22.8. The minimum absolute atomic E-state index is 0.0246. The molecule has 4 nitrogen and oxygen atoms in total. The third-order valence-electron chi connectivity index (χ3n) is 18.3. The summed E-state index contributed by atoms with van der Waals surface area (Å²) in [7, 11) is 1.75. The summed E-state index contributed by atoms with van der Waals surface area (Å²) in [5, 5.41) is 25.5. The molecule has 2 unspecified atom stereocenters. The zero-order valence-corrected chi connectivity index (χ0v) is 44.2. The summed E-state index contributed by atoms with van der Waals surface area (Å²) in [4.78, 5) is 5.68. The van der Waals surface area contributed by atoms with E-state index in [1.54, 1.807) is 7.11 Å². The molecule has 69 heavy (non-hydrogen) atoms. The van der Waals surface area contributed by atoms with Gasteiger partial charge in [0.15, 0.2) is 0 Å². The Balaban J connectivity index is 1.13. The highest BCUT2D eigenvalue weighted by Crippen LogP contribution is 2.63. The standard InChI is InChI=1S/C65H83NO3/c1-38(2)46-17-19-52(56-30-49(63(5,6)7)27-48(61(56)67)16-15-42-22-40-13-12-14-41(21-40)23-42)54(28-46)59-33-51(69-11)34-60(66-59)55-29-47(39(3)4)18-20-53(55)57-31-50(64(8,9)10)32-58(62(57)68)65-35-43-24-44(36-65)26-45(25-43)37-65/h17-20,27-34,38-45,67-68H,12-16,21-26,35-37H2,1-11H3. The van der Waals surface area contributed by atoms with Crippen molar-refractivity contribution in [1.29, 1.82) is 0 Å². The second-order valence-corrected chi connectivity index (χ2v) is 26.1. The Kier molecular flexibility index (Phi) is 12.7. The van der Waals surface area contributed by atoms with Crippen LogP contribution in [0.15, 0.2) is 72.8 Å². The molecule has 6 aliphatic rings. The topological polar surface area (TPSA) is 62.6 Å². The van der Waals surface area contributed by atoms with Crippen LogP contribution in [0.2, 0.25) is 0 Å². The second-order valence-electron chi connectivity index (χ2n) is 26.1. The molecule has 0 amide bonds. The lowest BCUT2D eigenvalue weighted by molar-refractivity contribution is -0.00615. The van der Waals surface area contributed by atoms with E-state index < -0.39 is 0 Å². The number of aromatic nitrogens is 1. The molecule has 0 radical (unpaired) electrons. The average molecular weight is 926 g/mol. The van der Waals surface area contributed by atoms with Crippen molar-refractivity contribution in [1.82, 2.24) is 4.98 Å². The van der Waals surface area contributed by atoms with Crippen LogP contribution in [-0.4, -0.2) is 22.3 Å². The molecule has 0 aliphatic heterocycles. The van der Waals surface area contributed by atoms with Crippen LogP contribution >= 0.6 is 0 Å². The Morgan fingerprint density at radius 1 is 0.565 bits per heavy atom. The zero-order chi connectivity index (χ0) is 48.7. The lowest BCUT2D eigenvalue weighted by Gasteiger charge is -2.57. The predicted octanol–water partition coefficient (Wildman–Crippen LogP) is 17.6. The van der Waals surface area contributed by atoms with Crippen LogP contribution in [0.4, 0.5) is 0 Å². The van der Waals surface area contributed by atoms with Crippen molar-refractivity contribution in [3.63, 3.8) is 0 Å². The number of hydrogen-bond acceptors (Lipinski definition) is 4. The van der Waals surface area contributed by atoms with Gasteiger partial charge in [-0.05, 0) is 197 Å². The van der Waals surface area contributed by atoms with Crippen LogP contribution in [0.3, 0.4) is 0 Å². The van der Waals surface area contributed by atoms with Crippen molar-refractivity contribution in [2.75, 3.05) is 7.11 Å². The number of hydrogen-bond donors (Lipinski definition) is 2. The molecule has 366 valence electrons. The summed E-state index contributed by atoms with van der Waals surface area (Å²) in [5.74, 6) is 6.97. The highest BCUT2D eigenvalue weighted by molar-refractivity contribution is 5.90. The highest BCUT2D eigenvalue weighted by atomic mass is 16.5. The molecular formula is C65H83NO3. The molecule has 6 saturated carbocycles. The number of ether oxygens (including phenoxy) is 1. The number of pyridine rings is 1. The number of fused-ring (bicyclic) bond motifs is 2. The van der Waals surface area contributed by atoms with Gasteiger partial charge in [0.05, 0.1) is 18.5 Å². The molecule has 11 rings (SSSR count). The summed E-state index contributed by atoms with van der Waals surface area (Å²) < 4.78 is 6.21. The van der Waals surface area contributed by atoms with Crippen molar-refractivity contribution in [2.24, 2.45) is 35.5 Å². The van der Waals surface area contributed by atoms with Gasteiger partial charge in [-0.25, -0.2) is 4.98 Å². The Hall–Kier alpha value is -4.57. The molecule has 0 saturated heterocycles. The molecule has 0 spiro atoms. The number of phenolic OH excluding ortho intramolecular Hbond substituents is 2. The molecule has 4 aromatic carbocycles. The van der Waals surface area contributed by atoms with Crippen molar-refractivity contribution >= 4 is 0 Å². The first-order valence-corrected chi connectivity index (χ1v) is 27.3. The average Bonchev–Trinajstić information content (AvgIpc) is 3.29. The molecule has 2 atom stereocenters. The SMILES string of the molecule is COc1cc(-c2cc(C(C)C)ccc2-c2cc(C(C)(C)C)cc(CCC3CC4CCCC(C4)C3)c2O)nc(-c2cc(C(C)C)ccc2-c2cc(C(C)(C)C)cc(C34CC5CC(CC(C5)C3)C4)c2O)c1. The lowest BCUT2D eigenvalue weighted by Crippen LogP contribution is -2.48. The van der Waals surface area contributed by atoms with Crippen molar-refractivity contribution in [3.05, 3.63) is 106 Å². The minimum Gasteiger partial charge on any atom is -0.507 e. The van der Waals surface area contributed by atoms with Crippen LogP contribution in [0.5, 0.6) is 17.2 Å². The van der Waals surface area contributed by atoms with Gasteiger partial charge in [-0.3, -0.25) is 0 Å². The molecule has 1 heterocycles. The molecule has 5 aromatic rings. The Bertz CT molecular complexity index is 2680. The van der Waals surface area contributed by atoms with E-state index in [9.17, 15) is 10.2 Å². The van der Waals surface area contributed by atoms with E-state index in [0.29, 0.717) is 23.3 Å². The zero-order valence-electron chi connectivity index (χ0n) is 44.2. The van der Waals surface area contributed by atoms with Crippen LogP contribution in [0, 0.1) is 35.5 Å². The molecule has 6 bridgehead atoms. The van der Waals surface area contributed by atoms with Crippen LogP contribution in [0.1, 0.15) is 198 Å². The van der Waals surface area contributed by atoms with Crippen molar-refractivity contribution < 1.29 is 14.9 Å². The van der Waals surface area contributed by atoms with Gasteiger partial charge in [0.25, 0.3) is 0 Å². The van der Waals surface area contributed by atoms with Gasteiger partial charge in [0, 0.05) is 39.9 Å². The summed E-state index contributed by atoms with van der Waals surface area (Å²) >= 11 is 0. The Labute approximate surface area is 416 Å². The monoisotopic (exact) mass is 926 g/mol.